The summed E-state index contributed by atoms with van der Waals surface area (Å²) in [7, 11) is 0. The van der Waals surface area contributed by atoms with E-state index in [1.807, 2.05) is 0 Å². The quantitative estimate of drug-likeness (QED) is 0.750. The molecule has 0 unspecified atom stereocenters. The molecule has 94 valence electrons. The second-order valence-electron chi connectivity index (χ2n) is 3.94. The maximum absolute atomic E-state index is 12.3. The van der Waals surface area contributed by atoms with Crippen LogP contribution in [0, 0.1) is 0 Å². The number of hydrogen-bond donors (Lipinski definition) is 0. The molecule has 0 fully saturated rings. The lowest BCUT2D eigenvalue weighted by Gasteiger charge is -2.16. The number of imide groups is 1. The van der Waals surface area contributed by atoms with Gasteiger partial charge in [-0.25, -0.2) is 4.90 Å². The Morgan fingerprint density at radius 1 is 1.11 bits per heavy atom. The third kappa shape index (κ3) is 1.77. The summed E-state index contributed by atoms with van der Waals surface area (Å²) < 4.78 is 0.513. The summed E-state index contributed by atoms with van der Waals surface area (Å²) in [5, 5.41) is 0.437. The van der Waals surface area contributed by atoms with Crippen molar-refractivity contribution >= 4 is 45.0 Å². The molecule has 0 radical (unpaired) electrons. The molecular formula is C13H6BrClN2O2. The van der Waals surface area contributed by atoms with Crippen LogP contribution in [0.1, 0.15) is 20.7 Å². The molecule has 0 saturated heterocycles. The van der Waals surface area contributed by atoms with Crippen LogP contribution in [0.15, 0.2) is 41.1 Å². The van der Waals surface area contributed by atoms with Gasteiger partial charge < -0.3 is 0 Å². The van der Waals surface area contributed by atoms with Crippen LogP contribution in [0.25, 0.3) is 0 Å². The maximum atomic E-state index is 12.3. The van der Waals surface area contributed by atoms with E-state index in [4.69, 9.17) is 11.6 Å². The van der Waals surface area contributed by atoms with Gasteiger partial charge in [0.1, 0.15) is 0 Å². The molecule has 0 aliphatic carbocycles. The van der Waals surface area contributed by atoms with Gasteiger partial charge in [-0.3, -0.25) is 14.6 Å². The van der Waals surface area contributed by atoms with Crippen LogP contribution in [-0.4, -0.2) is 16.8 Å². The van der Waals surface area contributed by atoms with Crippen molar-refractivity contribution < 1.29 is 9.59 Å². The van der Waals surface area contributed by atoms with E-state index in [9.17, 15) is 9.59 Å². The molecule has 19 heavy (non-hydrogen) atoms. The minimum Gasteiger partial charge on any atom is -0.268 e. The topological polar surface area (TPSA) is 50.3 Å². The van der Waals surface area contributed by atoms with Crippen molar-refractivity contribution in [2.75, 3.05) is 4.90 Å². The number of anilines is 1. The van der Waals surface area contributed by atoms with Crippen LogP contribution in [-0.2, 0) is 0 Å². The number of nitrogens with zero attached hydrogens (tertiary/aromatic N) is 2. The number of rotatable bonds is 1. The molecule has 1 aromatic heterocycles. The highest BCUT2D eigenvalue weighted by Gasteiger charge is 2.37. The Balaban J connectivity index is 2.17. The van der Waals surface area contributed by atoms with Crippen molar-refractivity contribution in [3.8, 4) is 0 Å². The Morgan fingerprint density at radius 2 is 1.84 bits per heavy atom. The van der Waals surface area contributed by atoms with Gasteiger partial charge in [0.05, 0.1) is 26.3 Å². The number of aromatic nitrogens is 1. The summed E-state index contributed by atoms with van der Waals surface area (Å²) in [5.41, 5.74) is 1.09. The highest BCUT2D eigenvalue weighted by Crippen LogP contribution is 2.36. The Morgan fingerprint density at radius 3 is 2.58 bits per heavy atom. The van der Waals surface area contributed by atoms with Crippen molar-refractivity contribution in [2.24, 2.45) is 0 Å². The number of pyridine rings is 1. The minimum absolute atomic E-state index is 0.305. The summed E-state index contributed by atoms with van der Waals surface area (Å²) >= 11 is 9.29. The summed E-state index contributed by atoms with van der Waals surface area (Å²) in [4.78, 5) is 29.5. The zero-order valence-electron chi connectivity index (χ0n) is 9.43. The van der Waals surface area contributed by atoms with Gasteiger partial charge in [-0.2, -0.15) is 0 Å². The highest BCUT2D eigenvalue weighted by molar-refractivity contribution is 9.10. The number of carbonyl (C=O) groups is 2. The highest BCUT2D eigenvalue weighted by atomic mass is 79.9. The second-order valence-corrected chi connectivity index (χ2v) is 5.14. The number of benzene rings is 1. The third-order valence-corrected chi connectivity index (χ3v) is 4.24. The van der Waals surface area contributed by atoms with Crippen LogP contribution >= 0.6 is 27.5 Å². The molecule has 1 aliphatic rings. The van der Waals surface area contributed by atoms with Crippen molar-refractivity contribution in [3.63, 3.8) is 0 Å². The zero-order valence-corrected chi connectivity index (χ0v) is 11.8. The Labute approximate surface area is 122 Å². The van der Waals surface area contributed by atoms with Crippen molar-refractivity contribution in [1.82, 2.24) is 4.98 Å². The van der Waals surface area contributed by atoms with Gasteiger partial charge in [-0.05, 0) is 34.1 Å². The Kier molecular flexibility index (Phi) is 2.88. The largest absolute Gasteiger partial charge is 0.268 e. The SMILES string of the molecule is O=C1c2ccncc2C(=O)N1c1cccc(Cl)c1Br. The van der Waals surface area contributed by atoms with Crippen LogP contribution in [0.4, 0.5) is 5.69 Å². The van der Waals surface area contributed by atoms with E-state index in [1.165, 1.54) is 18.5 Å². The molecule has 2 heterocycles. The number of amides is 2. The van der Waals surface area contributed by atoms with Gasteiger partial charge in [-0.15, -0.1) is 0 Å². The molecule has 0 N–H and O–H groups in total. The minimum atomic E-state index is -0.393. The summed E-state index contributed by atoms with van der Waals surface area (Å²) in [6, 6.07) is 6.55. The van der Waals surface area contributed by atoms with Crippen molar-refractivity contribution in [2.45, 2.75) is 0 Å². The molecule has 6 heteroatoms. The average Bonchev–Trinajstić information content (AvgIpc) is 2.67. The maximum Gasteiger partial charge on any atom is 0.267 e. The molecule has 0 spiro atoms. The van der Waals surface area contributed by atoms with Gasteiger partial charge >= 0.3 is 0 Å². The predicted molar refractivity (Wildman–Crippen MR) is 74.5 cm³/mol. The van der Waals surface area contributed by atoms with E-state index in [0.717, 1.165) is 4.90 Å². The second kappa shape index (κ2) is 4.43. The van der Waals surface area contributed by atoms with E-state index in [2.05, 4.69) is 20.9 Å². The normalized spacial score (nSPS) is 13.9. The Bertz CT molecular complexity index is 683. The fourth-order valence-corrected chi connectivity index (χ4v) is 2.58. The van der Waals surface area contributed by atoms with Gasteiger partial charge in [0.25, 0.3) is 11.8 Å². The first kappa shape index (κ1) is 12.3. The number of hydrogen-bond acceptors (Lipinski definition) is 3. The number of carbonyl (C=O) groups excluding carboxylic acids is 2. The van der Waals surface area contributed by atoms with E-state index in [1.54, 1.807) is 18.2 Å². The van der Waals surface area contributed by atoms with Crippen LogP contribution < -0.4 is 4.90 Å². The lowest BCUT2D eigenvalue weighted by molar-refractivity contribution is 0.0926. The smallest absolute Gasteiger partial charge is 0.267 e. The summed E-state index contributed by atoms with van der Waals surface area (Å²) in [6.45, 7) is 0. The molecule has 1 aromatic carbocycles. The monoisotopic (exact) mass is 336 g/mol. The van der Waals surface area contributed by atoms with Crippen molar-refractivity contribution in [1.29, 1.82) is 0 Å². The molecule has 4 nitrogen and oxygen atoms in total. The molecule has 1 aliphatic heterocycles. The third-order valence-electron chi connectivity index (χ3n) is 2.86. The van der Waals surface area contributed by atoms with E-state index >= 15 is 0 Å². The first-order valence-corrected chi connectivity index (χ1v) is 6.55. The fraction of sp³-hybridized carbons (Fsp3) is 0. The molecule has 0 atom stereocenters. The first-order chi connectivity index (χ1) is 9.11. The van der Waals surface area contributed by atoms with Gasteiger partial charge in [0, 0.05) is 12.4 Å². The van der Waals surface area contributed by atoms with Crippen LogP contribution in [0.3, 0.4) is 0 Å². The zero-order chi connectivity index (χ0) is 13.6. The predicted octanol–water partition coefficient (Wildman–Crippen LogP) is 3.30. The molecule has 0 saturated carbocycles. The van der Waals surface area contributed by atoms with E-state index < -0.39 is 5.91 Å². The van der Waals surface area contributed by atoms with Crippen LogP contribution in [0.5, 0.6) is 0 Å². The molecule has 2 aromatic rings. The Hall–Kier alpha value is -1.72. The fourth-order valence-electron chi connectivity index (χ4n) is 1.97. The molecular weight excluding hydrogens is 332 g/mol. The number of fused-ring (bicyclic) bond motifs is 1. The van der Waals surface area contributed by atoms with Gasteiger partial charge in [0.2, 0.25) is 0 Å². The first-order valence-electron chi connectivity index (χ1n) is 5.38. The van der Waals surface area contributed by atoms with E-state index in [-0.39, 0.29) is 5.91 Å². The standard InChI is InChI=1S/C13H6BrClN2O2/c14-11-9(15)2-1-3-10(11)17-12(18)7-4-5-16-6-8(7)13(17)19/h1-6H. The van der Waals surface area contributed by atoms with Gasteiger partial charge in [0.15, 0.2) is 0 Å². The summed E-state index contributed by atoms with van der Waals surface area (Å²) in [5.74, 6) is -0.763. The summed E-state index contributed by atoms with van der Waals surface area (Å²) in [6.07, 6.45) is 2.88. The molecule has 3 rings (SSSR count). The average molecular weight is 338 g/mol. The molecule has 0 bridgehead atoms. The lowest BCUT2D eigenvalue weighted by atomic mass is 10.2. The van der Waals surface area contributed by atoms with E-state index in [0.29, 0.717) is 26.3 Å². The number of halogens is 2. The van der Waals surface area contributed by atoms with Crippen LogP contribution in [0.2, 0.25) is 5.02 Å². The molecule has 2 amide bonds. The van der Waals surface area contributed by atoms with Gasteiger partial charge in [-0.1, -0.05) is 17.7 Å². The van der Waals surface area contributed by atoms with Crippen molar-refractivity contribution in [3.05, 3.63) is 57.3 Å². The lowest BCUT2D eigenvalue weighted by Crippen LogP contribution is -2.29.